The van der Waals surface area contributed by atoms with Crippen LogP contribution in [-0.2, 0) is 0 Å². The van der Waals surface area contributed by atoms with E-state index in [1.807, 2.05) is 0 Å². The zero-order valence-corrected chi connectivity index (χ0v) is 5.02. The highest BCUT2D eigenvalue weighted by molar-refractivity contribution is 5.00. The van der Waals surface area contributed by atoms with Crippen LogP contribution in [0.4, 0.5) is 0 Å². The molecule has 0 aromatic rings. The van der Waals surface area contributed by atoms with Crippen LogP contribution < -0.4 is 11.1 Å². The molecule has 0 saturated heterocycles. The van der Waals surface area contributed by atoms with E-state index in [1.165, 1.54) is 6.20 Å². The van der Waals surface area contributed by atoms with E-state index in [1.54, 1.807) is 7.05 Å². The van der Waals surface area contributed by atoms with Crippen molar-refractivity contribution < 1.29 is 5.11 Å². The molecule has 0 atom stereocenters. The third-order valence-electron chi connectivity index (χ3n) is 0.843. The van der Waals surface area contributed by atoms with Gasteiger partial charge in [-0.25, -0.2) is 0 Å². The van der Waals surface area contributed by atoms with E-state index in [2.05, 4.69) is 5.32 Å². The van der Waals surface area contributed by atoms with Crippen molar-refractivity contribution in [3.8, 4) is 0 Å². The molecule has 3 nitrogen and oxygen atoms in total. The molecule has 0 unspecified atom stereocenters. The first-order valence-corrected chi connectivity index (χ1v) is 2.50. The fourth-order valence-corrected chi connectivity index (χ4v) is 0.395. The molecule has 48 valence electrons. The Labute approximate surface area is 49.2 Å². The maximum atomic E-state index is 8.47. The molecule has 0 bridgehead atoms. The van der Waals surface area contributed by atoms with Crippen molar-refractivity contribution in [2.45, 2.75) is 0 Å². The van der Waals surface area contributed by atoms with Crippen LogP contribution in [0.5, 0.6) is 0 Å². The van der Waals surface area contributed by atoms with Crippen molar-refractivity contribution in [1.29, 1.82) is 0 Å². The first kappa shape index (κ1) is 7.46. The standard InChI is InChI=1S/C5H12N2O/c1-7-3-5(2-6)4-8/h2,7-8H,3-4,6H2,1H3/b5-2+. The summed E-state index contributed by atoms with van der Waals surface area (Å²) in [6, 6.07) is 0. The van der Waals surface area contributed by atoms with Gasteiger partial charge in [0, 0.05) is 6.54 Å². The molecule has 0 rings (SSSR count). The molecular formula is C5H12N2O. The smallest absolute Gasteiger partial charge is 0.0670 e. The lowest BCUT2D eigenvalue weighted by Gasteiger charge is -1.98. The van der Waals surface area contributed by atoms with Crippen LogP contribution in [-0.4, -0.2) is 25.3 Å². The van der Waals surface area contributed by atoms with Gasteiger partial charge in [0.25, 0.3) is 0 Å². The lowest BCUT2D eigenvalue weighted by molar-refractivity contribution is 0.327. The lowest BCUT2D eigenvalue weighted by Crippen LogP contribution is -2.13. The number of aliphatic hydroxyl groups is 1. The van der Waals surface area contributed by atoms with Gasteiger partial charge in [0.1, 0.15) is 0 Å². The number of aliphatic hydroxyl groups excluding tert-OH is 1. The van der Waals surface area contributed by atoms with Crippen LogP contribution in [0.3, 0.4) is 0 Å². The fraction of sp³-hybridized carbons (Fsp3) is 0.600. The van der Waals surface area contributed by atoms with Crippen LogP contribution in [0.15, 0.2) is 11.8 Å². The Hall–Kier alpha value is -0.540. The average Bonchev–Trinajstić information content (AvgIpc) is 1.83. The summed E-state index contributed by atoms with van der Waals surface area (Å²) < 4.78 is 0. The van der Waals surface area contributed by atoms with Gasteiger partial charge in [-0.05, 0) is 18.8 Å². The summed E-state index contributed by atoms with van der Waals surface area (Å²) in [6.45, 7) is 0.699. The summed E-state index contributed by atoms with van der Waals surface area (Å²) in [5.41, 5.74) is 5.92. The number of hydrogen-bond acceptors (Lipinski definition) is 3. The van der Waals surface area contributed by atoms with E-state index in [0.717, 1.165) is 5.57 Å². The van der Waals surface area contributed by atoms with Crippen molar-refractivity contribution in [1.82, 2.24) is 5.32 Å². The molecule has 0 aliphatic heterocycles. The van der Waals surface area contributed by atoms with Gasteiger partial charge >= 0.3 is 0 Å². The van der Waals surface area contributed by atoms with Crippen LogP contribution in [0.1, 0.15) is 0 Å². The van der Waals surface area contributed by atoms with Crippen molar-refractivity contribution in [3.63, 3.8) is 0 Å². The summed E-state index contributed by atoms with van der Waals surface area (Å²) in [6.07, 6.45) is 1.41. The third kappa shape index (κ3) is 2.60. The van der Waals surface area contributed by atoms with Crippen molar-refractivity contribution in [2.24, 2.45) is 5.73 Å². The molecule has 8 heavy (non-hydrogen) atoms. The Morgan fingerprint density at radius 1 is 1.88 bits per heavy atom. The number of rotatable bonds is 3. The fourth-order valence-electron chi connectivity index (χ4n) is 0.395. The first-order valence-electron chi connectivity index (χ1n) is 2.50. The molecule has 0 aromatic heterocycles. The minimum Gasteiger partial charge on any atom is -0.405 e. The van der Waals surface area contributed by atoms with E-state index < -0.39 is 0 Å². The molecule has 0 aromatic carbocycles. The molecule has 3 heteroatoms. The molecule has 0 heterocycles. The summed E-state index contributed by atoms with van der Waals surface area (Å²) in [7, 11) is 1.80. The van der Waals surface area contributed by atoms with Crippen molar-refractivity contribution in [2.75, 3.05) is 20.2 Å². The molecule has 0 fully saturated rings. The number of likely N-dealkylation sites (N-methyl/N-ethyl adjacent to an activating group) is 1. The predicted molar refractivity (Wildman–Crippen MR) is 33.3 cm³/mol. The van der Waals surface area contributed by atoms with Crippen LogP contribution in [0.25, 0.3) is 0 Å². The van der Waals surface area contributed by atoms with Gasteiger partial charge in [0.15, 0.2) is 0 Å². The Balaban J connectivity index is 3.38. The Morgan fingerprint density at radius 3 is 2.62 bits per heavy atom. The largest absolute Gasteiger partial charge is 0.405 e. The molecule has 0 saturated carbocycles. The quantitative estimate of drug-likeness (QED) is 0.445. The summed E-state index contributed by atoms with van der Waals surface area (Å²) >= 11 is 0. The first-order chi connectivity index (χ1) is 3.85. The molecule has 0 aliphatic carbocycles. The van der Waals surface area contributed by atoms with E-state index in [0.29, 0.717) is 6.54 Å². The SMILES string of the molecule is CNC/C(=C\N)CO. The topological polar surface area (TPSA) is 58.3 Å². The van der Waals surface area contributed by atoms with E-state index >= 15 is 0 Å². The minimum absolute atomic E-state index is 0.0390. The molecule has 0 aliphatic rings. The van der Waals surface area contributed by atoms with Crippen LogP contribution >= 0.6 is 0 Å². The van der Waals surface area contributed by atoms with Crippen molar-refractivity contribution in [3.05, 3.63) is 11.8 Å². The maximum absolute atomic E-state index is 8.47. The number of nitrogens with one attached hydrogen (secondary N) is 1. The molecule has 4 N–H and O–H groups in total. The van der Waals surface area contributed by atoms with Gasteiger partial charge < -0.3 is 16.2 Å². The molecular weight excluding hydrogens is 104 g/mol. The van der Waals surface area contributed by atoms with Gasteiger partial charge in [-0.15, -0.1) is 0 Å². The Kier molecular flexibility index (Phi) is 4.30. The van der Waals surface area contributed by atoms with E-state index in [4.69, 9.17) is 10.8 Å². The van der Waals surface area contributed by atoms with E-state index in [-0.39, 0.29) is 6.61 Å². The molecule has 0 radical (unpaired) electrons. The Bertz CT molecular complexity index is 80.5. The van der Waals surface area contributed by atoms with Gasteiger partial charge in [0.05, 0.1) is 6.61 Å². The minimum atomic E-state index is 0.0390. The van der Waals surface area contributed by atoms with Crippen LogP contribution in [0.2, 0.25) is 0 Å². The second kappa shape index (κ2) is 4.61. The van der Waals surface area contributed by atoms with Crippen molar-refractivity contribution >= 4 is 0 Å². The summed E-state index contributed by atoms with van der Waals surface area (Å²) in [5, 5.41) is 11.3. The second-order valence-corrected chi connectivity index (χ2v) is 1.51. The average molecular weight is 116 g/mol. The number of nitrogens with two attached hydrogens (primary N) is 1. The highest BCUT2D eigenvalue weighted by atomic mass is 16.3. The van der Waals surface area contributed by atoms with Gasteiger partial charge in [-0.2, -0.15) is 0 Å². The Morgan fingerprint density at radius 2 is 2.50 bits per heavy atom. The highest BCUT2D eigenvalue weighted by Crippen LogP contribution is 1.83. The monoisotopic (exact) mass is 116 g/mol. The number of hydrogen-bond donors (Lipinski definition) is 3. The maximum Gasteiger partial charge on any atom is 0.0670 e. The molecule has 0 amide bonds. The second-order valence-electron chi connectivity index (χ2n) is 1.51. The normalized spacial score (nSPS) is 12.0. The highest BCUT2D eigenvalue weighted by Gasteiger charge is 1.87. The summed E-state index contributed by atoms with van der Waals surface area (Å²) in [4.78, 5) is 0. The zero-order chi connectivity index (χ0) is 6.41. The predicted octanol–water partition coefficient (Wildman–Crippen LogP) is -0.959. The van der Waals surface area contributed by atoms with Crippen LogP contribution in [0, 0.1) is 0 Å². The lowest BCUT2D eigenvalue weighted by atomic mass is 10.3. The van der Waals surface area contributed by atoms with Gasteiger partial charge in [-0.1, -0.05) is 0 Å². The van der Waals surface area contributed by atoms with Gasteiger partial charge in [0.2, 0.25) is 0 Å². The zero-order valence-electron chi connectivity index (χ0n) is 5.02. The van der Waals surface area contributed by atoms with E-state index in [9.17, 15) is 0 Å². The third-order valence-corrected chi connectivity index (χ3v) is 0.843. The van der Waals surface area contributed by atoms with Gasteiger partial charge in [-0.3, -0.25) is 0 Å². The summed E-state index contributed by atoms with van der Waals surface area (Å²) in [5.74, 6) is 0. The molecule has 0 spiro atoms.